The Hall–Kier alpha value is -2.05. The molecule has 1 aromatic rings. The van der Waals surface area contributed by atoms with Crippen LogP contribution in [0.2, 0.25) is 0 Å². The molecule has 0 unspecified atom stereocenters. The van der Waals surface area contributed by atoms with E-state index in [4.69, 9.17) is 4.74 Å². The molecule has 1 fully saturated rings. The molecule has 2 rings (SSSR count). The molecule has 1 heterocycles. The molecule has 12 heteroatoms. The second kappa shape index (κ2) is 10.9. The highest BCUT2D eigenvalue weighted by Crippen LogP contribution is 2.28. The standard InChI is InChI=1S/C21H34F2N4O5S/c1-20(2,3)32-19(29)27-17(14-8-6-5-7-9-14)18(28)26-16-11-10-15(12-24-16)33(30,31)25-13-21(4,22)23/h10-12,14,17-18,25,28H,5-9,13H2,1-4H3,(H,24,26)(H,27,29)/t17-,18-/m0/s1. The first-order chi connectivity index (χ1) is 15.2. The van der Waals surface area contributed by atoms with Crippen LogP contribution in [0.15, 0.2) is 23.2 Å². The lowest BCUT2D eigenvalue weighted by atomic mass is 9.83. The van der Waals surface area contributed by atoms with Crippen LogP contribution in [0.5, 0.6) is 0 Å². The van der Waals surface area contributed by atoms with Crippen LogP contribution in [-0.2, 0) is 14.8 Å². The van der Waals surface area contributed by atoms with Crippen LogP contribution in [0.1, 0.15) is 59.8 Å². The summed E-state index contributed by atoms with van der Waals surface area (Å²) in [6, 6.07) is 1.85. The number of nitrogens with one attached hydrogen (secondary N) is 3. The number of sulfonamides is 1. The van der Waals surface area contributed by atoms with Gasteiger partial charge in [-0.3, -0.25) is 0 Å². The topological polar surface area (TPSA) is 130 Å². The van der Waals surface area contributed by atoms with Crippen LogP contribution >= 0.6 is 0 Å². The number of nitrogens with zero attached hydrogens (tertiary/aromatic N) is 1. The zero-order valence-electron chi connectivity index (χ0n) is 19.4. The maximum Gasteiger partial charge on any atom is 0.408 e. The molecule has 9 nitrogen and oxygen atoms in total. The number of hydrogen-bond donors (Lipinski definition) is 4. The van der Waals surface area contributed by atoms with Crippen LogP contribution in [0, 0.1) is 5.92 Å². The maximum absolute atomic E-state index is 13.0. The zero-order chi connectivity index (χ0) is 24.9. The van der Waals surface area contributed by atoms with E-state index in [2.05, 4.69) is 15.6 Å². The predicted molar refractivity (Wildman–Crippen MR) is 119 cm³/mol. The van der Waals surface area contributed by atoms with E-state index in [0.29, 0.717) is 6.92 Å². The molecule has 2 atom stereocenters. The monoisotopic (exact) mass is 492 g/mol. The van der Waals surface area contributed by atoms with E-state index in [1.807, 2.05) is 4.72 Å². The third-order valence-electron chi connectivity index (χ3n) is 5.10. The molecule has 1 amide bonds. The normalized spacial score (nSPS) is 17.8. The summed E-state index contributed by atoms with van der Waals surface area (Å²) in [7, 11) is -4.16. The average molecular weight is 493 g/mol. The summed E-state index contributed by atoms with van der Waals surface area (Å²) in [5.41, 5.74) is -0.696. The first-order valence-electron chi connectivity index (χ1n) is 10.9. The molecule has 0 radical (unpaired) electrons. The molecule has 1 aliphatic carbocycles. The van der Waals surface area contributed by atoms with E-state index in [9.17, 15) is 27.1 Å². The molecule has 33 heavy (non-hydrogen) atoms. The van der Waals surface area contributed by atoms with Crippen LogP contribution in [0.3, 0.4) is 0 Å². The molecule has 0 saturated heterocycles. The third kappa shape index (κ3) is 9.38. The Morgan fingerprint density at radius 1 is 1.21 bits per heavy atom. The second-order valence-corrected chi connectivity index (χ2v) is 11.2. The second-order valence-electron chi connectivity index (χ2n) is 9.43. The summed E-state index contributed by atoms with van der Waals surface area (Å²) in [5, 5.41) is 16.4. The number of hydrogen-bond acceptors (Lipinski definition) is 7. The van der Waals surface area contributed by atoms with Crippen LogP contribution in [0.25, 0.3) is 0 Å². The summed E-state index contributed by atoms with van der Waals surface area (Å²) in [4.78, 5) is 16.0. The maximum atomic E-state index is 13.0. The molecule has 188 valence electrons. The summed E-state index contributed by atoms with van der Waals surface area (Å²) >= 11 is 0. The van der Waals surface area contributed by atoms with Crippen LogP contribution in [0.4, 0.5) is 19.4 Å². The van der Waals surface area contributed by atoms with Crippen LogP contribution in [-0.4, -0.2) is 54.9 Å². The largest absolute Gasteiger partial charge is 0.444 e. The van der Waals surface area contributed by atoms with Gasteiger partial charge in [0.05, 0.1) is 12.6 Å². The Kier molecular flexibility index (Phi) is 9.00. The van der Waals surface area contributed by atoms with E-state index in [0.717, 1.165) is 38.3 Å². The SMILES string of the molecule is CC(F)(F)CNS(=O)(=O)c1ccc(N[C@@H](O)[C@@H](NC(=O)OC(C)(C)C)C2CCCCC2)nc1. The van der Waals surface area contributed by atoms with Gasteiger partial charge in [-0.15, -0.1) is 0 Å². The van der Waals surface area contributed by atoms with Gasteiger partial charge >= 0.3 is 6.09 Å². The minimum atomic E-state index is -4.16. The number of pyridine rings is 1. The molecule has 0 aliphatic heterocycles. The van der Waals surface area contributed by atoms with Gasteiger partial charge in [0.25, 0.3) is 5.92 Å². The number of aliphatic hydroxyl groups excluding tert-OH is 1. The van der Waals surface area contributed by atoms with Gasteiger partial charge < -0.3 is 20.5 Å². The number of carbonyl (C=O) groups is 1. The fourth-order valence-electron chi connectivity index (χ4n) is 3.56. The highest BCUT2D eigenvalue weighted by atomic mass is 32.2. The smallest absolute Gasteiger partial charge is 0.408 e. The van der Waals surface area contributed by atoms with Gasteiger partial charge in [0.15, 0.2) is 0 Å². The molecule has 4 N–H and O–H groups in total. The number of alkyl carbamates (subject to hydrolysis) is 1. The first kappa shape index (κ1) is 27.2. The fraction of sp³-hybridized carbons (Fsp3) is 0.714. The molecule has 1 aliphatic rings. The number of aromatic nitrogens is 1. The van der Waals surface area contributed by atoms with Crippen molar-refractivity contribution in [1.82, 2.24) is 15.0 Å². The van der Waals surface area contributed by atoms with Crippen molar-refractivity contribution >= 4 is 21.9 Å². The molecule has 1 saturated carbocycles. The number of carbonyl (C=O) groups excluding carboxylic acids is 1. The van der Waals surface area contributed by atoms with Crippen molar-refractivity contribution < 1.29 is 31.8 Å². The number of alkyl halides is 2. The Morgan fingerprint density at radius 2 is 1.85 bits per heavy atom. The van der Waals surface area contributed by atoms with E-state index < -0.39 is 46.5 Å². The lowest BCUT2D eigenvalue weighted by molar-refractivity contribution is 0.0281. The van der Waals surface area contributed by atoms with Gasteiger partial charge in [-0.25, -0.2) is 31.7 Å². The van der Waals surface area contributed by atoms with Crippen molar-refractivity contribution in [1.29, 1.82) is 0 Å². The Labute approximate surface area is 193 Å². The van der Waals surface area contributed by atoms with E-state index in [-0.39, 0.29) is 16.6 Å². The van der Waals surface area contributed by atoms with Crippen molar-refractivity contribution in [3.05, 3.63) is 18.3 Å². The number of halogens is 2. The molecular weight excluding hydrogens is 458 g/mol. The van der Waals surface area contributed by atoms with E-state index in [1.54, 1.807) is 20.8 Å². The van der Waals surface area contributed by atoms with Crippen LogP contribution < -0.4 is 15.4 Å². The highest BCUT2D eigenvalue weighted by molar-refractivity contribution is 7.89. The number of amides is 1. The van der Waals surface area contributed by atoms with Crippen molar-refractivity contribution in [2.24, 2.45) is 5.92 Å². The quantitative estimate of drug-likeness (QED) is 0.390. The van der Waals surface area contributed by atoms with E-state index in [1.165, 1.54) is 12.1 Å². The summed E-state index contributed by atoms with van der Waals surface area (Å²) in [6.45, 7) is 4.80. The minimum absolute atomic E-state index is 0.0216. The summed E-state index contributed by atoms with van der Waals surface area (Å²) in [5.74, 6) is -3.01. The van der Waals surface area contributed by atoms with Gasteiger partial charge in [-0.05, 0) is 51.7 Å². The lowest BCUT2D eigenvalue weighted by Crippen LogP contribution is -2.52. The van der Waals surface area contributed by atoms with Crippen molar-refractivity contribution in [3.8, 4) is 0 Å². The highest BCUT2D eigenvalue weighted by Gasteiger charge is 2.33. The fourth-order valence-corrected chi connectivity index (χ4v) is 4.61. The molecular formula is C21H34F2N4O5S. The van der Waals surface area contributed by atoms with E-state index >= 15 is 0 Å². The zero-order valence-corrected chi connectivity index (χ0v) is 20.2. The number of aliphatic hydroxyl groups is 1. The van der Waals surface area contributed by atoms with Crippen molar-refractivity contribution in [2.75, 3.05) is 11.9 Å². The Balaban J connectivity index is 2.09. The lowest BCUT2D eigenvalue weighted by Gasteiger charge is -2.35. The first-order valence-corrected chi connectivity index (χ1v) is 12.4. The average Bonchev–Trinajstić information content (AvgIpc) is 2.70. The Morgan fingerprint density at radius 3 is 2.36 bits per heavy atom. The third-order valence-corrected chi connectivity index (χ3v) is 6.48. The summed E-state index contributed by atoms with van der Waals surface area (Å²) < 4.78 is 57.4. The number of rotatable bonds is 9. The minimum Gasteiger partial charge on any atom is -0.444 e. The van der Waals surface area contributed by atoms with Crippen molar-refractivity contribution in [3.63, 3.8) is 0 Å². The van der Waals surface area contributed by atoms with Gasteiger partial charge in [0.2, 0.25) is 10.0 Å². The number of ether oxygens (including phenoxy) is 1. The molecule has 0 bridgehead atoms. The Bertz CT molecular complexity index is 879. The van der Waals surface area contributed by atoms with Crippen molar-refractivity contribution in [2.45, 2.75) is 88.5 Å². The van der Waals surface area contributed by atoms with Gasteiger partial charge in [0, 0.05) is 13.1 Å². The summed E-state index contributed by atoms with van der Waals surface area (Å²) in [6.07, 6.45) is 3.86. The molecule has 0 aromatic carbocycles. The van der Waals surface area contributed by atoms with Gasteiger partial charge in [-0.1, -0.05) is 19.3 Å². The molecule has 0 spiro atoms. The van der Waals surface area contributed by atoms with Gasteiger partial charge in [0.1, 0.15) is 22.5 Å². The molecule has 1 aromatic heterocycles. The predicted octanol–water partition coefficient (Wildman–Crippen LogP) is 3.22. The van der Waals surface area contributed by atoms with Gasteiger partial charge in [-0.2, -0.15) is 0 Å². The number of anilines is 1.